The van der Waals surface area contributed by atoms with E-state index in [2.05, 4.69) is 9.97 Å². The molecular weight excluding hydrogens is 464 g/mol. The Bertz CT molecular complexity index is 1440. The number of carbonyl (C=O) groups excluding carboxylic acids is 2. The number of fused-ring (bicyclic) bond motifs is 1. The Balaban J connectivity index is 1.25. The fraction of sp³-hybridized carbons (Fsp3) is 0.185. The average Bonchev–Trinajstić information content (AvgIpc) is 3.30. The van der Waals surface area contributed by atoms with Gasteiger partial charge in [-0.2, -0.15) is 0 Å². The van der Waals surface area contributed by atoms with Gasteiger partial charge >= 0.3 is 0 Å². The molecule has 2 aromatic carbocycles. The summed E-state index contributed by atoms with van der Waals surface area (Å²) in [6.07, 6.45) is 5.45. The smallest absolute Gasteiger partial charge is 0.238 e. The fourth-order valence-electron chi connectivity index (χ4n) is 4.21. The first kappa shape index (κ1) is 22.8. The molecule has 0 atom stereocenters. The van der Waals surface area contributed by atoms with E-state index in [1.165, 1.54) is 6.20 Å². The maximum Gasteiger partial charge on any atom is 0.238 e. The lowest BCUT2D eigenvalue weighted by Gasteiger charge is -2.16. The van der Waals surface area contributed by atoms with Gasteiger partial charge in [0, 0.05) is 54.5 Å². The number of nitrogens with zero attached hydrogens (tertiary/aromatic N) is 3. The van der Waals surface area contributed by atoms with Gasteiger partial charge in [-0.15, -0.1) is 0 Å². The van der Waals surface area contributed by atoms with Gasteiger partial charge in [-0.1, -0.05) is 35.9 Å². The Labute approximate surface area is 207 Å². The molecule has 7 nitrogen and oxygen atoms in total. The maximum atomic E-state index is 12.8. The van der Waals surface area contributed by atoms with E-state index in [9.17, 15) is 9.59 Å². The summed E-state index contributed by atoms with van der Waals surface area (Å²) in [5.74, 6) is 1.25. The van der Waals surface area contributed by atoms with Crippen LogP contribution in [0.2, 0.25) is 5.02 Å². The minimum atomic E-state index is -0.0603. The zero-order chi connectivity index (χ0) is 24.4. The normalized spacial score (nSPS) is 13.4. The van der Waals surface area contributed by atoms with Crippen molar-refractivity contribution in [2.24, 2.45) is 0 Å². The van der Waals surface area contributed by atoms with E-state index in [0.717, 1.165) is 28.4 Å². The number of benzene rings is 2. The number of nitrogens with two attached hydrogens (primary N) is 1. The molecular formula is C27H23ClN4O3. The van der Waals surface area contributed by atoms with Crippen molar-refractivity contribution in [1.82, 2.24) is 9.97 Å². The SMILES string of the molecule is Nc1nccc2cc(CCC(=O)c3cnc(Oc4cccc(N5CCCC5=O)c4)c(Cl)c3)ccc12. The minimum absolute atomic E-state index is 0.0603. The van der Waals surface area contributed by atoms with Gasteiger partial charge in [-0.3, -0.25) is 9.59 Å². The van der Waals surface area contributed by atoms with Crippen LogP contribution in [0.15, 0.2) is 67.0 Å². The van der Waals surface area contributed by atoms with Crippen LogP contribution in [0.4, 0.5) is 11.5 Å². The van der Waals surface area contributed by atoms with Gasteiger partial charge in [0.05, 0.1) is 0 Å². The van der Waals surface area contributed by atoms with Crippen LogP contribution in [-0.4, -0.2) is 28.2 Å². The van der Waals surface area contributed by atoms with Crippen LogP contribution < -0.4 is 15.4 Å². The number of hydrogen-bond acceptors (Lipinski definition) is 6. The predicted molar refractivity (Wildman–Crippen MR) is 136 cm³/mol. The number of carbonyl (C=O) groups is 2. The molecule has 1 saturated heterocycles. The van der Waals surface area contributed by atoms with Crippen molar-refractivity contribution in [3.63, 3.8) is 0 Å². The van der Waals surface area contributed by atoms with E-state index in [4.69, 9.17) is 22.1 Å². The third-order valence-corrected chi connectivity index (χ3v) is 6.32. The van der Waals surface area contributed by atoms with Crippen LogP contribution in [0, 0.1) is 0 Å². The van der Waals surface area contributed by atoms with Gasteiger partial charge in [-0.05, 0) is 48.1 Å². The molecule has 0 bridgehead atoms. The Hall–Kier alpha value is -3.97. The number of halogens is 1. The molecule has 5 rings (SSSR count). The number of aryl methyl sites for hydroxylation is 1. The Kier molecular flexibility index (Phi) is 6.33. The highest BCUT2D eigenvalue weighted by atomic mass is 35.5. The van der Waals surface area contributed by atoms with Crippen LogP contribution in [0.5, 0.6) is 11.6 Å². The van der Waals surface area contributed by atoms with Crippen molar-refractivity contribution in [3.05, 3.63) is 83.1 Å². The van der Waals surface area contributed by atoms with Crippen LogP contribution in [0.1, 0.15) is 35.2 Å². The summed E-state index contributed by atoms with van der Waals surface area (Å²) in [4.78, 5) is 34.9. The molecule has 0 spiro atoms. The summed E-state index contributed by atoms with van der Waals surface area (Å²) in [6, 6.07) is 16.6. The van der Waals surface area contributed by atoms with Gasteiger partial charge in [-0.25, -0.2) is 9.97 Å². The molecule has 1 aliphatic heterocycles. The number of ether oxygens (including phenoxy) is 1. The van der Waals surface area contributed by atoms with Crippen LogP contribution in [0.3, 0.4) is 0 Å². The maximum absolute atomic E-state index is 12.8. The monoisotopic (exact) mass is 486 g/mol. The first-order valence-corrected chi connectivity index (χ1v) is 11.8. The lowest BCUT2D eigenvalue weighted by atomic mass is 10.0. The standard InChI is InChI=1S/C27H23ClN4O3/c28-23-14-19(24(33)9-7-17-6-8-22-18(13-17)10-11-30-26(22)29)16-31-27(23)35-21-4-1-3-20(15-21)32-12-2-5-25(32)34/h1,3-4,6,8,10-11,13-16H,2,5,7,9,12H2,(H2,29,30). The molecule has 0 unspecified atom stereocenters. The van der Waals surface area contributed by atoms with E-state index in [1.807, 2.05) is 36.4 Å². The minimum Gasteiger partial charge on any atom is -0.437 e. The summed E-state index contributed by atoms with van der Waals surface area (Å²) >= 11 is 6.39. The second kappa shape index (κ2) is 9.72. The second-order valence-electron chi connectivity index (χ2n) is 8.43. The van der Waals surface area contributed by atoms with Gasteiger partial charge < -0.3 is 15.4 Å². The molecule has 0 aliphatic carbocycles. The van der Waals surface area contributed by atoms with Crippen molar-refractivity contribution in [3.8, 4) is 11.6 Å². The molecule has 3 heterocycles. The molecule has 4 aromatic rings. The molecule has 176 valence electrons. The van der Waals surface area contributed by atoms with Crippen molar-refractivity contribution in [1.29, 1.82) is 0 Å². The summed E-state index contributed by atoms with van der Waals surface area (Å²) in [5, 5.41) is 2.13. The topological polar surface area (TPSA) is 98.4 Å². The first-order chi connectivity index (χ1) is 17.0. The molecule has 0 saturated carbocycles. The van der Waals surface area contributed by atoms with Gasteiger partial charge in [0.1, 0.15) is 16.6 Å². The van der Waals surface area contributed by atoms with Gasteiger partial charge in [0.15, 0.2) is 5.78 Å². The lowest BCUT2D eigenvalue weighted by molar-refractivity contribution is -0.117. The van der Waals surface area contributed by atoms with Crippen molar-refractivity contribution in [2.75, 3.05) is 17.2 Å². The molecule has 8 heteroatoms. The Morgan fingerprint density at radius 2 is 2.00 bits per heavy atom. The first-order valence-electron chi connectivity index (χ1n) is 11.4. The van der Waals surface area contributed by atoms with Crippen molar-refractivity contribution >= 4 is 45.6 Å². The van der Waals surface area contributed by atoms with Crippen LogP contribution >= 0.6 is 11.6 Å². The van der Waals surface area contributed by atoms with Gasteiger partial charge in [0.2, 0.25) is 11.8 Å². The summed E-state index contributed by atoms with van der Waals surface area (Å²) in [6.45, 7) is 0.697. The van der Waals surface area contributed by atoms with Gasteiger partial charge in [0.25, 0.3) is 0 Å². The highest BCUT2D eigenvalue weighted by Crippen LogP contribution is 2.31. The van der Waals surface area contributed by atoms with Crippen LogP contribution in [-0.2, 0) is 11.2 Å². The zero-order valence-electron chi connectivity index (χ0n) is 18.9. The summed E-state index contributed by atoms with van der Waals surface area (Å²) in [7, 11) is 0. The molecule has 35 heavy (non-hydrogen) atoms. The zero-order valence-corrected chi connectivity index (χ0v) is 19.7. The third kappa shape index (κ3) is 4.95. The second-order valence-corrected chi connectivity index (χ2v) is 8.84. The summed E-state index contributed by atoms with van der Waals surface area (Å²) < 4.78 is 5.85. The van der Waals surface area contributed by atoms with Crippen molar-refractivity contribution in [2.45, 2.75) is 25.7 Å². The number of Topliss-reactive ketones (excluding diaryl/α,β-unsaturated/α-hetero) is 1. The van der Waals surface area contributed by atoms with E-state index in [1.54, 1.807) is 29.3 Å². The van der Waals surface area contributed by atoms with Crippen LogP contribution in [0.25, 0.3) is 10.8 Å². The molecule has 1 amide bonds. The fourth-order valence-corrected chi connectivity index (χ4v) is 4.41. The largest absolute Gasteiger partial charge is 0.437 e. The summed E-state index contributed by atoms with van der Waals surface area (Å²) in [5.41, 5.74) is 8.15. The highest BCUT2D eigenvalue weighted by molar-refractivity contribution is 6.32. The third-order valence-electron chi connectivity index (χ3n) is 6.05. The van der Waals surface area contributed by atoms with Crippen molar-refractivity contribution < 1.29 is 14.3 Å². The molecule has 1 aliphatic rings. The number of pyridine rings is 2. The number of aromatic nitrogens is 2. The quantitative estimate of drug-likeness (QED) is 0.341. The predicted octanol–water partition coefficient (Wildman–Crippen LogP) is 5.60. The van der Waals surface area contributed by atoms with E-state index >= 15 is 0 Å². The average molecular weight is 487 g/mol. The lowest BCUT2D eigenvalue weighted by Crippen LogP contribution is -2.23. The number of hydrogen-bond donors (Lipinski definition) is 1. The highest BCUT2D eigenvalue weighted by Gasteiger charge is 2.22. The molecule has 2 N–H and O–H groups in total. The number of amides is 1. The van der Waals surface area contributed by atoms with E-state index < -0.39 is 0 Å². The number of nitrogen functional groups attached to an aromatic ring is 1. The Morgan fingerprint density at radius 3 is 2.80 bits per heavy atom. The van der Waals surface area contributed by atoms with E-state index in [0.29, 0.717) is 42.9 Å². The molecule has 2 aromatic heterocycles. The number of anilines is 2. The number of rotatable bonds is 7. The Morgan fingerprint density at radius 1 is 1.11 bits per heavy atom. The number of ketones is 1. The molecule has 0 radical (unpaired) electrons. The molecule has 1 fully saturated rings. The van der Waals surface area contributed by atoms with E-state index in [-0.39, 0.29) is 22.6 Å².